The SMILES string of the molecule is CCCCCCC/C=C/CCCCCCCCCCCCCOC(=O)c1ccc(S(=O)(=O)[O-])cc1C(=O)OCCCCCCCCCCCCC/C=C/CCCCCCC.[Na+]. The molecule has 0 aliphatic carbocycles. The van der Waals surface area contributed by atoms with Crippen molar-refractivity contribution < 1.29 is 61.6 Å². The van der Waals surface area contributed by atoms with Crippen LogP contribution in [0.1, 0.15) is 266 Å². The van der Waals surface area contributed by atoms with E-state index in [1.54, 1.807) is 0 Å². The van der Waals surface area contributed by atoms with Gasteiger partial charge in [-0.2, -0.15) is 0 Å². The first-order chi connectivity index (χ1) is 29.3. The molecule has 0 N–H and O–H groups in total. The molecule has 1 rings (SSSR count). The first-order valence-electron chi connectivity index (χ1n) is 25.0. The summed E-state index contributed by atoms with van der Waals surface area (Å²) in [5.74, 6) is -1.54. The second-order valence-corrected chi connectivity index (χ2v) is 18.5. The zero-order valence-corrected chi connectivity index (χ0v) is 42.5. The maximum atomic E-state index is 13.0. The van der Waals surface area contributed by atoms with Gasteiger partial charge in [0, 0.05) is 0 Å². The summed E-state index contributed by atoms with van der Waals surface area (Å²) < 4.78 is 45.9. The average molecular weight is 881 g/mol. The summed E-state index contributed by atoms with van der Waals surface area (Å²) in [6, 6.07) is 3.15. The van der Waals surface area contributed by atoms with Crippen LogP contribution < -0.4 is 29.6 Å². The van der Waals surface area contributed by atoms with Crippen LogP contribution in [0.4, 0.5) is 0 Å². The summed E-state index contributed by atoms with van der Waals surface area (Å²) in [5, 5.41) is 0. The van der Waals surface area contributed by atoms with E-state index in [4.69, 9.17) is 9.47 Å². The van der Waals surface area contributed by atoms with Crippen LogP contribution in [0.15, 0.2) is 47.4 Å². The third kappa shape index (κ3) is 36.6. The molecule has 0 saturated heterocycles. The molecule has 0 saturated carbocycles. The van der Waals surface area contributed by atoms with E-state index in [1.807, 2.05) is 0 Å². The van der Waals surface area contributed by atoms with Gasteiger partial charge >= 0.3 is 41.5 Å². The zero-order valence-electron chi connectivity index (χ0n) is 39.7. The van der Waals surface area contributed by atoms with Crippen molar-refractivity contribution in [3.05, 3.63) is 53.6 Å². The van der Waals surface area contributed by atoms with Crippen molar-refractivity contribution in [3.8, 4) is 0 Å². The molecule has 346 valence electrons. The van der Waals surface area contributed by atoms with Crippen molar-refractivity contribution in [2.45, 2.75) is 250 Å². The van der Waals surface area contributed by atoms with E-state index in [1.165, 1.54) is 186 Å². The van der Waals surface area contributed by atoms with Gasteiger partial charge in [0.05, 0.1) is 29.2 Å². The van der Waals surface area contributed by atoms with Crippen LogP contribution in [0.3, 0.4) is 0 Å². The average Bonchev–Trinajstić information content (AvgIpc) is 3.24. The molecule has 0 spiro atoms. The predicted octanol–water partition coefficient (Wildman–Crippen LogP) is 13.1. The minimum absolute atomic E-state index is 0. The maximum Gasteiger partial charge on any atom is 1.00 e. The quantitative estimate of drug-likeness (QED) is 0.0211. The Morgan fingerprint density at radius 2 is 0.721 bits per heavy atom. The molecule has 61 heavy (non-hydrogen) atoms. The molecular weight excluding hydrogens is 792 g/mol. The van der Waals surface area contributed by atoms with Crippen molar-refractivity contribution in [2.24, 2.45) is 0 Å². The van der Waals surface area contributed by atoms with Crippen molar-refractivity contribution >= 4 is 22.1 Å². The Balaban J connectivity index is 0.0000360. The Bertz CT molecular complexity index is 1340. The van der Waals surface area contributed by atoms with Gasteiger partial charge in [-0.15, -0.1) is 0 Å². The number of unbranched alkanes of at least 4 members (excludes halogenated alkanes) is 32. The van der Waals surface area contributed by atoms with Gasteiger partial charge in [0.1, 0.15) is 10.1 Å². The van der Waals surface area contributed by atoms with E-state index < -0.39 is 27.0 Å². The second kappa shape index (κ2) is 43.8. The van der Waals surface area contributed by atoms with Crippen molar-refractivity contribution in [3.63, 3.8) is 0 Å². The van der Waals surface area contributed by atoms with Gasteiger partial charge in [-0.05, 0) is 82.4 Å². The normalized spacial score (nSPS) is 11.7. The third-order valence-electron chi connectivity index (χ3n) is 11.5. The van der Waals surface area contributed by atoms with E-state index in [2.05, 4.69) is 38.2 Å². The van der Waals surface area contributed by atoms with Crippen LogP contribution in [-0.2, 0) is 19.6 Å². The molecule has 0 atom stereocenters. The Hall–Kier alpha value is -1.45. The first-order valence-corrected chi connectivity index (χ1v) is 26.5. The van der Waals surface area contributed by atoms with E-state index in [0.717, 1.165) is 50.7 Å². The maximum absolute atomic E-state index is 13.0. The molecule has 0 bridgehead atoms. The van der Waals surface area contributed by atoms with Gasteiger partial charge in [0.15, 0.2) is 0 Å². The van der Waals surface area contributed by atoms with Crippen LogP contribution >= 0.6 is 0 Å². The molecule has 7 nitrogen and oxygen atoms in total. The van der Waals surface area contributed by atoms with Crippen LogP contribution in [-0.4, -0.2) is 38.1 Å². The monoisotopic (exact) mass is 881 g/mol. The number of hydrogen-bond acceptors (Lipinski definition) is 7. The summed E-state index contributed by atoms with van der Waals surface area (Å²) in [6.07, 6.45) is 53.6. The number of rotatable bonds is 43. The number of ether oxygens (including phenoxy) is 2. The van der Waals surface area contributed by atoms with Gasteiger partial charge in [-0.25, -0.2) is 18.0 Å². The smallest absolute Gasteiger partial charge is 0.744 e. The fourth-order valence-corrected chi connectivity index (χ4v) is 8.12. The molecular formula is C52H89NaO7S. The molecule has 0 unspecified atom stereocenters. The third-order valence-corrected chi connectivity index (χ3v) is 12.3. The first kappa shape index (κ1) is 59.5. The summed E-state index contributed by atoms with van der Waals surface area (Å²) in [6.45, 7) is 4.89. The topological polar surface area (TPSA) is 110 Å². The minimum atomic E-state index is -4.82. The van der Waals surface area contributed by atoms with Crippen LogP contribution in [0, 0.1) is 0 Å². The van der Waals surface area contributed by atoms with Crippen LogP contribution in [0.2, 0.25) is 0 Å². The Morgan fingerprint density at radius 3 is 1.03 bits per heavy atom. The minimum Gasteiger partial charge on any atom is -0.744 e. The Kier molecular flexibility index (Phi) is 42.7. The molecule has 0 radical (unpaired) electrons. The van der Waals surface area contributed by atoms with E-state index in [0.29, 0.717) is 12.8 Å². The number of allylic oxidation sites excluding steroid dienone is 4. The molecule has 0 aliphatic heterocycles. The van der Waals surface area contributed by atoms with Crippen molar-refractivity contribution in [1.29, 1.82) is 0 Å². The molecule has 0 amide bonds. The molecule has 1 aromatic rings. The van der Waals surface area contributed by atoms with Crippen molar-refractivity contribution in [2.75, 3.05) is 13.2 Å². The summed E-state index contributed by atoms with van der Waals surface area (Å²) in [7, 11) is -4.82. The molecule has 0 fully saturated rings. The molecule has 1 aromatic carbocycles. The number of esters is 2. The number of carbonyl (C=O) groups is 2. The Morgan fingerprint density at radius 1 is 0.443 bits per heavy atom. The van der Waals surface area contributed by atoms with E-state index in [-0.39, 0.29) is 53.9 Å². The van der Waals surface area contributed by atoms with Gasteiger partial charge < -0.3 is 14.0 Å². The summed E-state index contributed by atoms with van der Waals surface area (Å²) in [4.78, 5) is 25.3. The fraction of sp³-hybridized carbons (Fsp3) is 0.769. The molecule has 0 aromatic heterocycles. The number of benzene rings is 1. The largest absolute Gasteiger partial charge is 1.00 e. The van der Waals surface area contributed by atoms with E-state index in [9.17, 15) is 22.6 Å². The molecule has 0 aliphatic rings. The second-order valence-electron chi connectivity index (χ2n) is 17.1. The van der Waals surface area contributed by atoms with E-state index >= 15 is 0 Å². The van der Waals surface area contributed by atoms with Gasteiger partial charge in [-0.1, -0.05) is 205 Å². The van der Waals surface area contributed by atoms with Crippen LogP contribution in [0.25, 0.3) is 0 Å². The Labute approximate surface area is 397 Å². The molecule has 9 heteroatoms. The van der Waals surface area contributed by atoms with Gasteiger partial charge in [0.25, 0.3) is 0 Å². The molecule has 0 heterocycles. The standard InChI is InChI=1S/C52H90O7S.Na/c1-3-5-7-9-11-13-15-17-19-21-23-25-27-29-31-33-35-37-39-41-45-58-51(53)49-44-43-48(60(55,56)57)47-50(49)52(54)59-46-42-40-38-36-34-32-30-28-26-24-22-20-18-16-14-12-10-8-6-4-2;/h15-18,43-44,47H,3-14,19-42,45-46H2,1-2H3,(H,55,56,57);/q;+1/p-1/b17-15+,18-16+;. The zero-order chi connectivity index (χ0) is 43.6. The van der Waals surface area contributed by atoms with Gasteiger partial charge in [-0.3, -0.25) is 0 Å². The van der Waals surface area contributed by atoms with Gasteiger partial charge in [0.2, 0.25) is 0 Å². The van der Waals surface area contributed by atoms with Crippen LogP contribution in [0.5, 0.6) is 0 Å². The predicted molar refractivity (Wildman–Crippen MR) is 251 cm³/mol. The number of hydrogen-bond donors (Lipinski definition) is 0. The van der Waals surface area contributed by atoms with Crippen molar-refractivity contribution in [1.82, 2.24) is 0 Å². The summed E-state index contributed by atoms with van der Waals surface area (Å²) >= 11 is 0. The summed E-state index contributed by atoms with van der Waals surface area (Å²) in [5.41, 5.74) is -0.334. The number of carbonyl (C=O) groups excluding carboxylic acids is 2. The fourth-order valence-electron chi connectivity index (χ4n) is 7.62.